The molecule has 0 radical (unpaired) electrons. The Morgan fingerprint density at radius 2 is 2.00 bits per heavy atom. The lowest BCUT2D eigenvalue weighted by Crippen LogP contribution is -2.07. The van der Waals surface area contributed by atoms with Crippen LogP contribution in [0.3, 0.4) is 0 Å². The van der Waals surface area contributed by atoms with Gasteiger partial charge in [-0.2, -0.15) is 0 Å². The standard InChI is InChI=1S/C6H11NO/c1-4(2)6(7)5(3)8/h4,7-8H,3H2,1-2H3. The van der Waals surface area contributed by atoms with Crippen LogP contribution in [0.25, 0.3) is 0 Å². The van der Waals surface area contributed by atoms with Gasteiger partial charge in [0.2, 0.25) is 0 Å². The summed E-state index contributed by atoms with van der Waals surface area (Å²) in [6.07, 6.45) is 0. The van der Waals surface area contributed by atoms with Crippen LogP contribution < -0.4 is 0 Å². The first-order valence-electron chi connectivity index (χ1n) is 2.52. The average molecular weight is 113 g/mol. The highest BCUT2D eigenvalue weighted by Crippen LogP contribution is 1.99. The van der Waals surface area contributed by atoms with Crippen LogP contribution >= 0.6 is 0 Å². The second kappa shape index (κ2) is 2.50. The summed E-state index contributed by atoms with van der Waals surface area (Å²) in [7, 11) is 0. The van der Waals surface area contributed by atoms with Crippen molar-refractivity contribution in [1.29, 1.82) is 5.41 Å². The molecule has 0 aliphatic heterocycles. The van der Waals surface area contributed by atoms with E-state index in [1.165, 1.54) is 0 Å². The molecule has 0 amide bonds. The van der Waals surface area contributed by atoms with Crippen LogP contribution in [0, 0.1) is 11.3 Å². The Bertz CT molecular complexity index is 116. The first-order valence-corrected chi connectivity index (χ1v) is 2.52. The molecule has 0 fully saturated rings. The molecule has 0 rings (SSSR count). The molecule has 0 aromatic rings. The zero-order chi connectivity index (χ0) is 6.73. The summed E-state index contributed by atoms with van der Waals surface area (Å²) in [5, 5.41) is 15.6. The van der Waals surface area contributed by atoms with Crippen molar-refractivity contribution < 1.29 is 5.11 Å². The molecule has 0 aromatic carbocycles. The Hall–Kier alpha value is -0.790. The van der Waals surface area contributed by atoms with Gasteiger partial charge in [-0.3, -0.25) is 0 Å². The van der Waals surface area contributed by atoms with Gasteiger partial charge in [-0.05, 0) is 5.92 Å². The zero-order valence-corrected chi connectivity index (χ0v) is 5.23. The number of aliphatic hydroxyl groups excluding tert-OH is 1. The molecule has 0 aromatic heterocycles. The van der Waals surface area contributed by atoms with E-state index in [1.807, 2.05) is 13.8 Å². The number of hydrogen-bond acceptors (Lipinski definition) is 2. The van der Waals surface area contributed by atoms with Gasteiger partial charge in [0.25, 0.3) is 0 Å². The number of allylic oxidation sites excluding steroid dienone is 1. The van der Waals surface area contributed by atoms with Crippen molar-refractivity contribution in [3.05, 3.63) is 12.3 Å². The number of rotatable bonds is 2. The summed E-state index contributed by atoms with van der Waals surface area (Å²) < 4.78 is 0. The van der Waals surface area contributed by atoms with E-state index in [0.29, 0.717) is 0 Å². The molecule has 0 atom stereocenters. The second-order valence-electron chi connectivity index (χ2n) is 2.02. The summed E-state index contributed by atoms with van der Waals surface area (Å²) in [5.41, 5.74) is 0.213. The predicted octanol–water partition coefficient (Wildman–Crippen LogP) is 1.73. The molecule has 2 N–H and O–H groups in total. The fraction of sp³-hybridized carbons (Fsp3) is 0.500. The molecule has 0 aliphatic carbocycles. The Labute approximate surface area is 49.4 Å². The maximum absolute atomic E-state index is 8.57. The van der Waals surface area contributed by atoms with Crippen molar-refractivity contribution in [2.75, 3.05) is 0 Å². The van der Waals surface area contributed by atoms with Gasteiger partial charge in [0.15, 0.2) is 0 Å². The third-order valence-corrected chi connectivity index (χ3v) is 0.888. The highest BCUT2D eigenvalue weighted by Gasteiger charge is 2.03. The van der Waals surface area contributed by atoms with Crippen molar-refractivity contribution in [2.45, 2.75) is 13.8 Å². The van der Waals surface area contributed by atoms with Gasteiger partial charge in [-0.25, -0.2) is 0 Å². The molecule has 46 valence electrons. The summed E-state index contributed by atoms with van der Waals surface area (Å²) >= 11 is 0. The van der Waals surface area contributed by atoms with Gasteiger partial charge in [-0.1, -0.05) is 20.4 Å². The first-order chi connectivity index (χ1) is 3.55. The molecule has 0 heterocycles. The Morgan fingerprint density at radius 3 is 2.00 bits per heavy atom. The van der Waals surface area contributed by atoms with Gasteiger partial charge in [0.05, 0.1) is 5.71 Å². The van der Waals surface area contributed by atoms with Gasteiger partial charge >= 0.3 is 0 Å². The monoisotopic (exact) mass is 113 g/mol. The van der Waals surface area contributed by atoms with E-state index in [9.17, 15) is 0 Å². The minimum Gasteiger partial charge on any atom is -0.507 e. The van der Waals surface area contributed by atoms with E-state index in [-0.39, 0.29) is 17.4 Å². The third-order valence-electron chi connectivity index (χ3n) is 0.888. The molecule has 0 aliphatic rings. The second-order valence-corrected chi connectivity index (χ2v) is 2.02. The van der Waals surface area contributed by atoms with E-state index in [4.69, 9.17) is 10.5 Å². The van der Waals surface area contributed by atoms with E-state index < -0.39 is 0 Å². The molecule has 8 heavy (non-hydrogen) atoms. The van der Waals surface area contributed by atoms with Crippen LogP contribution in [0.15, 0.2) is 12.3 Å². The Balaban J connectivity index is 3.84. The largest absolute Gasteiger partial charge is 0.507 e. The van der Waals surface area contributed by atoms with Crippen molar-refractivity contribution in [2.24, 2.45) is 5.92 Å². The number of nitrogens with one attached hydrogen (secondary N) is 1. The van der Waals surface area contributed by atoms with Crippen molar-refractivity contribution in [3.63, 3.8) is 0 Å². The van der Waals surface area contributed by atoms with E-state index in [1.54, 1.807) is 0 Å². The van der Waals surface area contributed by atoms with Gasteiger partial charge in [-0.15, -0.1) is 0 Å². The molecular formula is C6H11NO. The van der Waals surface area contributed by atoms with E-state index >= 15 is 0 Å². The van der Waals surface area contributed by atoms with Crippen LogP contribution in [0.5, 0.6) is 0 Å². The average Bonchev–Trinajstić information content (AvgIpc) is 1.64. The maximum Gasteiger partial charge on any atom is 0.129 e. The summed E-state index contributed by atoms with van der Waals surface area (Å²) in [5.74, 6) is -0.0486. The molecule has 2 nitrogen and oxygen atoms in total. The topological polar surface area (TPSA) is 44.1 Å². The number of aliphatic hydroxyl groups is 1. The molecule has 0 bridgehead atoms. The van der Waals surface area contributed by atoms with Crippen LogP contribution in [-0.2, 0) is 0 Å². The minimum atomic E-state index is -0.125. The van der Waals surface area contributed by atoms with Crippen LogP contribution in [-0.4, -0.2) is 10.8 Å². The lowest BCUT2D eigenvalue weighted by atomic mass is 10.1. The molecule has 0 saturated heterocycles. The van der Waals surface area contributed by atoms with Crippen LogP contribution in [0.1, 0.15) is 13.8 Å². The maximum atomic E-state index is 8.57. The summed E-state index contributed by atoms with van der Waals surface area (Å²) in [6, 6.07) is 0. The fourth-order valence-corrected chi connectivity index (χ4v) is 0.333. The fourth-order valence-electron chi connectivity index (χ4n) is 0.333. The van der Waals surface area contributed by atoms with Crippen molar-refractivity contribution >= 4 is 5.71 Å². The van der Waals surface area contributed by atoms with Gasteiger partial charge in [0.1, 0.15) is 5.76 Å². The molecular weight excluding hydrogens is 102 g/mol. The van der Waals surface area contributed by atoms with E-state index in [2.05, 4.69) is 6.58 Å². The zero-order valence-electron chi connectivity index (χ0n) is 5.23. The Morgan fingerprint density at radius 1 is 1.62 bits per heavy atom. The highest BCUT2D eigenvalue weighted by atomic mass is 16.3. The molecule has 2 heteroatoms. The predicted molar refractivity (Wildman–Crippen MR) is 34.3 cm³/mol. The lowest BCUT2D eigenvalue weighted by molar-refractivity contribution is 0.439. The quantitative estimate of drug-likeness (QED) is 0.415. The van der Waals surface area contributed by atoms with Crippen LogP contribution in [0.2, 0.25) is 0 Å². The number of hydrogen-bond donors (Lipinski definition) is 2. The normalized spacial score (nSPS) is 9.38. The lowest BCUT2D eigenvalue weighted by Gasteiger charge is -2.02. The SMILES string of the molecule is C=C(O)C(=N)C(C)C. The van der Waals surface area contributed by atoms with Crippen LogP contribution in [0.4, 0.5) is 0 Å². The summed E-state index contributed by atoms with van der Waals surface area (Å²) in [6.45, 7) is 6.88. The first kappa shape index (κ1) is 7.21. The molecule has 0 saturated carbocycles. The minimum absolute atomic E-state index is 0.0764. The van der Waals surface area contributed by atoms with Crippen molar-refractivity contribution in [3.8, 4) is 0 Å². The Kier molecular flexibility index (Phi) is 2.25. The molecule has 0 unspecified atom stereocenters. The third kappa shape index (κ3) is 1.78. The highest BCUT2D eigenvalue weighted by molar-refractivity contribution is 5.96. The van der Waals surface area contributed by atoms with E-state index in [0.717, 1.165) is 0 Å². The summed E-state index contributed by atoms with van der Waals surface area (Å²) in [4.78, 5) is 0. The van der Waals surface area contributed by atoms with Gasteiger partial charge in [0, 0.05) is 0 Å². The molecule has 0 spiro atoms. The van der Waals surface area contributed by atoms with Crippen molar-refractivity contribution in [1.82, 2.24) is 0 Å². The van der Waals surface area contributed by atoms with Gasteiger partial charge < -0.3 is 10.5 Å². The smallest absolute Gasteiger partial charge is 0.129 e.